The van der Waals surface area contributed by atoms with Crippen molar-refractivity contribution >= 4 is 32.5 Å². The number of halogens is 1. The van der Waals surface area contributed by atoms with Gasteiger partial charge in [0.25, 0.3) is 0 Å². The number of H-pyrrole nitrogens is 1. The summed E-state index contributed by atoms with van der Waals surface area (Å²) in [4.78, 5) is 0. The minimum absolute atomic E-state index is 0.284. The Balaban J connectivity index is 1.61. The predicted octanol–water partition coefficient (Wildman–Crippen LogP) is 3.67. The van der Waals surface area contributed by atoms with Gasteiger partial charge in [-0.2, -0.15) is 5.10 Å². The number of ether oxygens (including phenoxy) is 2. The molecule has 21 heavy (non-hydrogen) atoms. The van der Waals surface area contributed by atoms with Crippen molar-refractivity contribution in [1.29, 1.82) is 0 Å². The molecule has 2 heterocycles. The van der Waals surface area contributed by atoms with Crippen molar-refractivity contribution in [1.82, 2.24) is 10.2 Å². The Morgan fingerprint density at radius 1 is 1.24 bits per heavy atom. The van der Waals surface area contributed by atoms with Crippen LogP contribution in [0.2, 0.25) is 0 Å². The third kappa shape index (κ3) is 2.21. The number of para-hydroxylation sites is 1. The molecule has 0 saturated heterocycles. The molecule has 0 fully saturated rings. The van der Waals surface area contributed by atoms with Crippen LogP contribution in [0.15, 0.2) is 41.0 Å². The number of aromatic amines is 1. The first kappa shape index (κ1) is 12.5. The molecule has 1 aliphatic rings. The van der Waals surface area contributed by atoms with Crippen LogP contribution in [0.4, 0.5) is 5.69 Å². The van der Waals surface area contributed by atoms with E-state index in [0.29, 0.717) is 6.54 Å². The lowest BCUT2D eigenvalue weighted by Gasteiger charge is -2.10. The van der Waals surface area contributed by atoms with Gasteiger partial charge in [-0.25, -0.2) is 0 Å². The minimum Gasteiger partial charge on any atom is -0.454 e. The van der Waals surface area contributed by atoms with Gasteiger partial charge in [-0.05, 0) is 23.8 Å². The number of rotatable bonds is 3. The van der Waals surface area contributed by atoms with Crippen molar-refractivity contribution in [3.63, 3.8) is 0 Å². The monoisotopic (exact) mass is 345 g/mol. The largest absolute Gasteiger partial charge is 0.454 e. The average Bonchev–Trinajstić information content (AvgIpc) is 3.12. The second-order valence-electron chi connectivity index (χ2n) is 4.79. The van der Waals surface area contributed by atoms with Gasteiger partial charge in [0, 0.05) is 16.4 Å². The third-order valence-corrected chi connectivity index (χ3v) is 4.23. The van der Waals surface area contributed by atoms with E-state index < -0.39 is 0 Å². The molecule has 6 heteroatoms. The summed E-state index contributed by atoms with van der Waals surface area (Å²) in [7, 11) is 0. The summed E-state index contributed by atoms with van der Waals surface area (Å²) < 4.78 is 11.8. The number of nitrogens with zero attached hydrogens (tertiary/aromatic N) is 1. The van der Waals surface area contributed by atoms with Gasteiger partial charge in [-0.15, -0.1) is 0 Å². The normalized spacial score (nSPS) is 12.8. The minimum atomic E-state index is 0.284. The Morgan fingerprint density at radius 3 is 3.00 bits per heavy atom. The molecule has 106 valence electrons. The first-order valence-electron chi connectivity index (χ1n) is 6.55. The summed E-state index contributed by atoms with van der Waals surface area (Å²) in [5.74, 6) is 1.57. The fourth-order valence-electron chi connectivity index (χ4n) is 2.40. The van der Waals surface area contributed by atoms with E-state index >= 15 is 0 Å². The highest BCUT2D eigenvalue weighted by Crippen LogP contribution is 2.37. The standard InChI is InChI=1S/C15H12BrN3O2/c16-11-5-14-13(20-8-21-14)4-10(11)6-17-12-3-1-2-9-7-18-19-15(9)12/h1-5,7,17H,6,8H2,(H,18,19). The van der Waals surface area contributed by atoms with Gasteiger partial charge in [-0.1, -0.05) is 28.1 Å². The number of fused-ring (bicyclic) bond motifs is 2. The second kappa shape index (κ2) is 4.96. The van der Waals surface area contributed by atoms with E-state index in [1.807, 2.05) is 36.5 Å². The Bertz CT molecular complexity index is 816. The maximum Gasteiger partial charge on any atom is 0.231 e. The van der Waals surface area contributed by atoms with Crippen molar-refractivity contribution < 1.29 is 9.47 Å². The summed E-state index contributed by atoms with van der Waals surface area (Å²) in [6, 6.07) is 10.00. The number of aromatic nitrogens is 2. The van der Waals surface area contributed by atoms with E-state index in [1.54, 1.807) is 0 Å². The average molecular weight is 346 g/mol. The quantitative estimate of drug-likeness (QED) is 0.760. The Kier molecular flexibility index (Phi) is 2.96. The van der Waals surface area contributed by atoms with Gasteiger partial charge in [-0.3, -0.25) is 5.10 Å². The van der Waals surface area contributed by atoms with E-state index in [0.717, 1.165) is 38.1 Å². The molecule has 0 aliphatic carbocycles. The van der Waals surface area contributed by atoms with Crippen molar-refractivity contribution in [2.24, 2.45) is 0 Å². The first-order chi connectivity index (χ1) is 10.3. The molecule has 4 rings (SSSR count). The van der Waals surface area contributed by atoms with Crippen molar-refractivity contribution in [2.75, 3.05) is 12.1 Å². The van der Waals surface area contributed by atoms with Gasteiger partial charge < -0.3 is 14.8 Å². The highest BCUT2D eigenvalue weighted by atomic mass is 79.9. The number of nitrogens with one attached hydrogen (secondary N) is 2. The smallest absolute Gasteiger partial charge is 0.231 e. The SMILES string of the molecule is Brc1cc2c(cc1CNc1cccc3cn[nH]c13)OCO2. The zero-order valence-corrected chi connectivity index (χ0v) is 12.6. The van der Waals surface area contributed by atoms with Crippen LogP contribution in [0.25, 0.3) is 10.9 Å². The zero-order valence-electron chi connectivity index (χ0n) is 11.0. The fraction of sp³-hybridized carbons (Fsp3) is 0.133. The molecule has 0 atom stereocenters. The Morgan fingerprint density at radius 2 is 2.10 bits per heavy atom. The predicted molar refractivity (Wildman–Crippen MR) is 83.7 cm³/mol. The molecule has 0 amide bonds. The van der Waals surface area contributed by atoms with Crippen LogP contribution >= 0.6 is 15.9 Å². The van der Waals surface area contributed by atoms with Crippen LogP contribution in [0.3, 0.4) is 0 Å². The van der Waals surface area contributed by atoms with Crippen molar-refractivity contribution in [3.05, 3.63) is 46.6 Å². The lowest BCUT2D eigenvalue weighted by molar-refractivity contribution is 0.174. The van der Waals surface area contributed by atoms with Crippen LogP contribution in [-0.2, 0) is 6.54 Å². The van der Waals surface area contributed by atoms with Gasteiger partial charge in [0.15, 0.2) is 11.5 Å². The fourth-order valence-corrected chi connectivity index (χ4v) is 2.86. The van der Waals surface area contributed by atoms with Crippen LogP contribution < -0.4 is 14.8 Å². The van der Waals surface area contributed by atoms with Gasteiger partial charge in [0.05, 0.1) is 17.4 Å². The Hall–Kier alpha value is -2.21. The lowest BCUT2D eigenvalue weighted by Crippen LogP contribution is -2.01. The molecular weight excluding hydrogens is 334 g/mol. The third-order valence-electron chi connectivity index (χ3n) is 3.49. The molecule has 0 radical (unpaired) electrons. The molecule has 1 aromatic heterocycles. The molecule has 2 aromatic carbocycles. The van der Waals surface area contributed by atoms with Gasteiger partial charge in [0.2, 0.25) is 6.79 Å². The van der Waals surface area contributed by atoms with Crippen LogP contribution in [0.1, 0.15) is 5.56 Å². The summed E-state index contributed by atoms with van der Waals surface area (Å²) in [6.07, 6.45) is 1.82. The molecule has 1 aliphatic heterocycles. The van der Waals surface area contributed by atoms with E-state index in [-0.39, 0.29) is 6.79 Å². The highest BCUT2D eigenvalue weighted by Gasteiger charge is 2.16. The summed E-state index contributed by atoms with van der Waals surface area (Å²) in [5, 5.41) is 11.6. The maximum absolute atomic E-state index is 5.42. The van der Waals surface area contributed by atoms with E-state index in [4.69, 9.17) is 9.47 Å². The molecule has 0 spiro atoms. The highest BCUT2D eigenvalue weighted by molar-refractivity contribution is 9.10. The van der Waals surface area contributed by atoms with Crippen LogP contribution in [0.5, 0.6) is 11.5 Å². The molecular formula is C15H12BrN3O2. The zero-order chi connectivity index (χ0) is 14.2. The lowest BCUT2D eigenvalue weighted by atomic mass is 10.2. The molecule has 0 unspecified atom stereocenters. The second-order valence-corrected chi connectivity index (χ2v) is 5.64. The van der Waals surface area contributed by atoms with E-state index in [2.05, 4.69) is 31.4 Å². The molecule has 5 nitrogen and oxygen atoms in total. The first-order valence-corrected chi connectivity index (χ1v) is 7.34. The summed E-state index contributed by atoms with van der Waals surface area (Å²) in [5.41, 5.74) is 3.14. The van der Waals surface area contributed by atoms with E-state index in [9.17, 15) is 0 Å². The van der Waals surface area contributed by atoms with Gasteiger partial charge in [0.1, 0.15) is 0 Å². The number of benzene rings is 2. The summed E-state index contributed by atoms with van der Waals surface area (Å²) >= 11 is 3.57. The van der Waals surface area contributed by atoms with Crippen molar-refractivity contribution in [3.8, 4) is 11.5 Å². The van der Waals surface area contributed by atoms with E-state index in [1.165, 1.54) is 0 Å². The number of hydrogen-bond acceptors (Lipinski definition) is 4. The summed E-state index contributed by atoms with van der Waals surface area (Å²) in [6.45, 7) is 0.960. The molecule has 2 N–H and O–H groups in total. The maximum atomic E-state index is 5.42. The Labute approximate surface area is 129 Å². The molecule has 0 saturated carbocycles. The van der Waals surface area contributed by atoms with Crippen molar-refractivity contribution in [2.45, 2.75) is 6.54 Å². The number of anilines is 1. The molecule has 0 bridgehead atoms. The topological polar surface area (TPSA) is 59.2 Å². The van der Waals surface area contributed by atoms with Crippen LogP contribution in [0, 0.1) is 0 Å². The van der Waals surface area contributed by atoms with Crippen LogP contribution in [-0.4, -0.2) is 17.0 Å². The number of hydrogen-bond donors (Lipinski definition) is 2. The van der Waals surface area contributed by atoms with Gasteiger partial charge >= 0.3 is 0 Å². The molecule has 3 aromatic rings.